The summed E-state index contributed by atoms with van der Waals surface area (Å²) in [6.45, 7) is 3.42. The molecule has 0 saturated carbocycles. The molecule has 0 aromatic carbocycles. The van der Waals surface area contributed by atoms with Crippen molar-refractivity contribution in [2.75, 3.05) is 19.8 Å². The maximum Gasteiger partial charge on any atom is 0.306 e. The molecule has 0 fully saturated rings. The molecule has 84 valence electrons. The Hall–Kier alpha value is -0.870. The monoisotopic (exact) mass is 228 g/mol. The number of aryl methyl sites for hydroxylation is 1. The van der Waals surface area contributed by atoms with Gasteiger partial charge >= 0.3 is 5.97 Å². The van der Waals surface area contributed by atoms with E-state index >= 15 is 0 Å². The Kier molecular flexibility index (Phi) is 6.04. The third-order valence-corrected chi connectivity index (χ3v) is 2.79. The van der Waals surface area contributed by atoms with E-state index in [2.05, 4.69) is 0 Å². The zero-order valence-electron chi connectivity index (χ0n) is 8.90. The molecule has 15 heavy (non-hydrogen) atoms. The van der Waals surface area contributed by atoms with Crippen molar-refractivity contribution in [3.8, 4) is 0 Å². The molecule has 0 aliphatic carbocycles. The van der Waals surface area contributed by atoms with Crippen LogP contribution in [0.25, 0.3) is 0 Å². The second-order valence-electron chi connectivity index (χ2n) is 3.00. The van der Waals surface area contributed by atoms with Crippen LogP contribution >= 0.6 is 11.3 Å². The van der Waals surface area contributed by atoms with Crippen molar-refractivity contribution in [3.63, 3.8) is 0 Å². The minimum Gasteiger partial charge on any atom is -0.463 e. The number of hydrogen-bond acceptors (Lipinski definition) is 4. The Morgan fingerprint density at radius 2 is 2.33 bits per heavy atom. The van der Waals surface area contributed by atoms with Crippen molar-refractivity contribution >= 4 is 17.3 Å². The number of rotatable bonds is 7. The number of carbonyl (C=O) groups excluding carboxylic acids is 1. The maximum atomic E-state index is 11.2. The highest BCUT2D eigenvalue weighted by Crippen LogP contribution is 2.10. The lowest BCUT2D eigenvalue weighted by molar-refractivity contribution is -0.145. The summed E-state index contributed by atoms with van der Waals surface area (Å²) >= 11 is 1.66. The normalized spacial score (nSPS) is 10.2. The van der Waals surface area contributed by atoms with Crippen molar-refractivity contribution in [1.29, 1.82) is 0 Å². The van der Waals surface area contributed by atoms with Gasteiger partial charge in [-0.15, -0.1) is 11.3 Å². The molecule has 0 N–H and O–H groups in total. The second kappa shape index (κ2) is 7.43. The summed E-state index contributed by atoms with van der Waals surface area (Å²) in [6.07, 6.45) is 1.22. The van der Waals surface area contributed by atoms with Crippen LogP contribution in [0.3, 0.4) is 0 Å². The number of thiophene rings is 1. The summed E-state index contributed by atoms with van der Waals surface area (Å²) in [5, 5.41) is 2.01. The van der Waals surface area contributed by atoms with Crippen LogP contribution in [0.1, 0.15) is 18.2 Å². The van der Waals surface area contributed by atoms with Gasteiger partial charge in [0.2, 0.25) is 0 Å². The standard InChI is InChI=1S/C11H16O3S/c1-2-13-7-8-14-11(12)6-5-10-4-3-9-15-10/h3-4,9H,2,5-8H2,1H3. The highest BCUT2D eigenvalue weighted by atomic mass is 32.1. The van der Waals surface area contributed by atoms with Gasteiger partial charge in [0.15, 0.2) is 0 Å². The highest BCUT2D eigenvalue weighted by Gasteiger charge is 2.03. The van der Waals surface area contributed by atoms with Crippen LogP contribution in [0.5, 0.6) is 0 Å². The molecule has 4 heteroatoms. The van der Waals surface area contributed by atoms with E-state index in [1.54, 1.807) is 11.3 Å². The molecule has 0 bridgehead atoms. The Bertz CT molecular complexity index is 269. The summed E-state index contributed by atoms with van der Waals surface area (Å²) in [7, 11) is 0. The third-order valence-electron chi connectivity index (χ3n) is 1.85. The Balaban J connectivity index is 2.04. The molecule has 1 heterocycles. The maximum absolute atomic E-state index is 11.2. The van der Waals surface area contributed by atoms with E-state index in [1.165, 1.54) is 4.88 Å². The van der Waals surface area contributed by atoms with Crippen LogP contribution in [-0.4, -0.2) is 25.8 Å². The van der Waals surface area contributed by atoms with Crippen molar-refractivity contribution in [2.24, 2.45) is 0 Å². The van der Waals surface area contributed by atoms with Crippen molar-refractivity contribution in [1.82, 2.24) is 0 Å². The second-order valence-corrected chi connectivity index (χ2v) is 4.03. The average Bonchev–Trinajstić information content (AvgIpc) is 2.74. The van der Waals surface area contributed by atoms with Gasteiger partial charge in [0, 0.05) is 11.5 Å². The molecule has 0 unspecified atom stereocenters. The lowest BCUT2D eigenvalue weighted by atomic mass is 10.3. The number of esters is 1. The fourth-order valence-electron chi connectivity index (χ4n) is 1.11. The predicted molar refractivity (Wildman–Crippen MR) is 60.1 cm³/mol. The molecule has 0 aliphatic heterocycles. The summed E-state index contributed by atoms with van der Waals surface area (Å²) in [5.41, 5.74) is 0. The van der Waals surface area contributed by atoms with Gasteiger partial charge in [-0.3, -0.25) is 4.79 Å². The summed E-state index contributed by atoms with van der Waals surface area (Å²) in [5.74, 6) is -0.150. The molecule has 1 rings (SSSR count). The first-order valence-corrected chi connectivity index (χ1v) is 5.96. The number of hydrogen-bond donors (Lipinski definition) is 0. The molecule has 0 radical (unpaired) electrons. The van der Waals surface area contributed by atoms with Gasteiger partial charge in [-0.25, -0.2) is 0 Å². The molecule has 0 saturated heterocycles. The molecule has 3 nitrogen and oxygen atoms in total. The minimum atomic E-state index is -0.150. The van der Waals surface area contributed by atoms with E-state index in [-0.39, 0.29) is 5.97 Å². The fraction of sp³-hybridized carbons (Fsp3) is 0.545. The Morgan fingerprint density at radius 3 is 3.00 bits per heavy atom. The molecular weight excluding hydrogens is 212 g/mol. The van der Waals surface area contributed by atoms with Crippen LogP contribution in [0.15, 0.2) is 17.5 Å². The minimum absolute atomic E-state index is 0.150. The zero-order chi connectivity index (χ0) is 10.9. The van der Waals surface area contributed by atoms with Crippen LogP contribution < -0.4 is 0 Å². The number of carbonyl (C=O) groups is 1. The molecule has 1 aromatic rings. The average molecular weight is 228 g/mol. The fourth-order valence-corrected chi connectivity index (χ4v) is 1.82. The molecule has 0 atom stereocenters. The van der Waals surface area contributed by atoms with E-state index in [0.717, 1.165) is 6.42 Å². The molecule has 1 aromatic heterocycles. The topological polar surface area (TPSA) is 35.5 Å². The summed E-state index contributed by atoms with van der Waals surface area (Å²) in [4.78, 5) is 12.4. The van der Waals surface area contributed by atoms with Crippen molar-refractivity contribution in [3.05, 3.63) is 22.4 Å². The molecular formula is C11H16O3S. The van der Waals surface area contributed by atoms with Gasteiger partial charge in [-0.05, 0) is 24.8 Å². The van der Waals surface area contributed by atoms with Crippen LogP contribution in [0, 0.1) is 0 Å². The smallest absolute Gasteiger partial charge is 0.306 e. The lowest BCUT2D eigenvalue weighted by Gasteiger charge is -2.03. The Labute approximate surface area is 94.0 Å². The van der Waals surface area contributed by atoms with Gasteiger partial charge in [0.1, 0.15) is 6.61 Å². The van der Waals surface area contributed by atoms with E-state index < -0.39 is 0 Å². The van der Waals surface area contributed by atoms with E-state index in [4.69, 9.17) is 9.47 Å². The van der Waals surface area contributed by atoms with E-state index in [9.17, 15) is 4.79 Å². The zero-order valence-corrected chi connectivity index (χ0v) is 9.72. The van der Waals surface area contributed by atoms with Gasteiger partial charge in [-0.2, -0.15) is 0 Å². The lowest BCUT2D eigenvalue weighted by Crippen LogP contribution is -2.10. The Morgan fingerprint density at radius 1 is 1.47 bits per heavy atom. The van der Waals surface area contributed by atoms with Gasteiger partial charge < -0.3 is 9.47 Å². The largest absolute Gasteiger partial charge is 0.463 e. The molecule has 0 spiro atoms. The first kappa shape index (κ1) is 12.2. The van der Waals surface area contributed by atoms with Crippen molar-refractivity contribution < 1.29 is 14.3 Å². The predicted octanol–water partition coefficient (Wildman–Crippen LogP) is 2.26. The van der Waals surface area contributed by atoms with Crippen LogP contribution in [0.2, 0.25) is 0 Å². The first-order valence-electron chi connectivity index (χ1n) is 5.08. The van der Waals surface area contributed by atoms with Gasteiger partial charge in [0.25, 0.3) is 0 Å². The first-order chi connectivity index (χ1) is 7.33. The van der Waals surface area contributed by atoms with E-state index in [1.807, 2.05) is 24.4 Å². The van der Waals surface area contributed by atoms with Crippen LogP contribution in [0.4, 0.5) is 0 Å². The van der Waals surface area contributed by atoms with Gasteiger partial charge in [-0.1, -0.05) is 6.07 Å². The number of ether oxygens (including phenoxy) is 2. The quantitative estimate of drug-likeness (QED) is 0.530. The van der Waals surface area contributed by atoms with E-state index in [0.29, 0.717) is 26.2 Å². The summed E-state index contributed by atoms with van der Waals surface area (Å²) in [6, 6.07) is 4.01. The highest BCUT2D eigenvalue weighted by molar-refractivity contribution is 7.09. The molecule has 0 aliphatic rings. The summed E-state index contributed by atoms with van der Waals surface area (Å²) < 4.78 is 10.0. The van der Waals surface area contributed by atoms with Gasteiger partial charge in [0.05, 0.1) is 13.0 Å². The van der Waals surface area contributed by atoms with Crippen molar-refractivity contribution in [2.45, 2.75) is 19.8 Å². The third kappa shape index (κ3) is 5.54. The van der Waals surface area contributed by atoms with Crippen LogP contribution in [-0.2, 0) is 20.7 Å². The SMILES string of the molecule is CCOCCOC(=O)CCc1cccs1. The molecule has 0 amide bonds.